The molecule has 0 saturated carbocycles. The Kier molecular flexibility index (Phi) is 4.96. The average Bonchev–Trinajstić information content (AvgIpc) is 2.49. The third-order valence-corrected chi connectivity index (χ3v) is 3.92. The predicted molar refractivity (Wildman–Crippen MR) is 80.6 cm³/mol. The van der Waals surface area contributed by atoms with Gasteiger partial charge in [0.05, 0.1) is 5.02 Å². The molecule has 2 aromatic carbocycles. The van der Waals surface area contributed by atoms with Gasteiger partial charge in [-0.3, -0.25) is 0 Å². The van der Waals surface area contributed by atoms with Gasteiger partial charge in [-0.25, -0.2) is 8.78 Å². The highest BCUT2D eigenvalue weighted by Gasteiger charge is 2.20. The molecule has 0 bridgehead atoms. The smallest absolute Gasteiger partial charge is 0.142 e. The van der Waals surface area contributed by atoms with Gasteiger partial charge in [-0.05, 0) is 41.7 Å². The molecule has 4 heteroatoms. The summed E-state index contributed by atoms with van der Waals surface area (Å²) in [6, 6.07) is 7.59. The number of aryl methyl sites for hydroxylation is 2. The largest absolute Gasteiger partial charge is 0.384 e. The Labute approximate surface area is 128 Å². The minimum absolute atomic E-state index is 0.0974. The standard InChI is InChI=1S/C17H17ClF2O/c1-3-10-5-6-11(4-2)12(7-10)17(21)13-8-16(20)14(18)9-15(13)19/h5-9,17,21H,3-4H2,1-2H3. The van der Waals surface area contributed by atoms with Crippen LogP contribution in [0.25, 0.3) is 0 Å². The van der Waals surface area contributed by atoms with Crippen LogP contribution < -0.4 is 0 Å². The van der Waals surface area contributed by atoms with Gasteiger partial charge in [-0.15, -0.1) is 0 Å². The van der Waals surface area contributed by atoms with Crippen LogP contribution in [-0.4, -0.2) is 5.11 Å². The maximum atomic E-state index is 14.0. The van der Waals surface area contributed by atoms with Crippen LogP contribution >= 0.6 is 11.6 Å². The maximum Gasteiger partial charge on any atom is 0.142 e. The first-order valence-corrected chi connectivity index (χ1v) is 7.29. The molecule has 0 aliphatic carbocycles. The van der Waals surface area contributed by atoms with E-state index >= 15 is 0 Å². The zero-order valence-electron chi connectivity index (χ0n) is 12.0. The van der Waals surface area contributed by atoms with Crippen molar-refractivity contribution in [2.24, 2.45) is 0 Å². The molecular weight excluding hydrogens is 294 g/mol. The lowest BCUT2D eigenvalue weighted by molar-refractivity contribution is 0.213. The summed E-state index contributed by atoms with van der Waals surface area (Å²) in [4.78, 5) is 0. The van der Waals surface area contributed by atoms with Crippen LogP contribution in [-0.2, 0) is 12.8 Å². The molecule has 1 atom stereocenters. The molecule has 0 heterocycles. The summed E-state index contributed by atoms with van der Waals surface area (Å²) in [5, 5.41) is 10.2. The number of halogens is 3. The summed E-state index contributed by atoms with van der Waals surface area (Å²) in [7, 11) is 0. The van der Waals surface area contributed by atoms with E-state index < -0.39 is 17.7 Å². The SMILES string of the molecule is CCc1ccc(CC)c(C(O)c2cc(F)c(Cl)cc2F)c1. The molecule has 0 amide bonds. The highest BCUT2D eigenvalue weighted by Crippen LogP contribution is 2.31. The van der Waals surface area contributed by atoms with E-state index in [0.29, 0.717) is 12.0 Å². The van der Waals surface area contributed by atoms with Crippen LogP contribution in [0.3, 0.4) is 0 Å². The first-order chi connectivity index (χ1) is 9.97. The Morgan fingerprint density at radius 3 is 2.33 bits per heavy atom. The minimum Gasteiger partial charge on any atom is -0.384 e. The van der Waals surface area contributed by atoms with E-state index in [1.807, 2.05) is 32.0 Å². The van der Waals surface area contributed by atoms with Gasteiger partial charge in [0.25, 0.3) is 0 Å². The van der Waals surface area contributed by atoms with Gasteiger partial charge in [-0.1, -0.05) is 43.6 Å². The lowest BCUT2D eigenvalue weighted by atomic mass is 9.93. The Balaban J connectivity index is 2.53. The summed E-state index contributed by atoms with van der Waals surface area (Å²) < 4.78 is 27.5. The lowest BCUT2D eigenvalue weighted by Gasteiger charge is -2.17. The van der Waals surface area contributed by atoms with E-state index in [1.165, 1.54) is 0 Å². The molecule has 0 aromatic heterocycles. The molecule has 1 N–H and O–H groups in total. The van der Waals surface area contributed by atoms with Gasteiger partial charge in [0.1, 0.15) is 17.7 Å². The summed E-state index contributed by atoms with van der Waals surface area (Å²) in [5.41, 5.74) is 2.46. The van der Waals surface area contributed by atoms with Gasteiger partial charge in [0, 0.05) is 5.56 Å². The molecule has 21 heavy (non-hydrogen) atoms. The van der Waals surface area contributed by atoms with Crippen molar-refractivity contribution in [2.75, 3.05) is 0 Å². The molecule has 0 aliphatic heterocycles. The summed E-state index contributed by atoms with van der Waals surface area (Å²) in [5.74, 6) is -1.45. The molecule has 112 valence electrons. The molecule has 1 nitrogen and oxygen atoms in total. The normalized spacial score (nSPS) is 12.5. The predicted octanol–water partition coefficient (Wildman–Crippen LogP) is 4.82. The van der Waals surface area contributed by atoms with Crippen LogP contribution in [0.4, 0.5) is 8.78 Å². The van der Waals surface area contributed by atoms with Crippen molar-refractivity contribution in [3.05, 3.63) is 69.2 Å². The fourth-order valence-electron chi connectivity index (χ4n) is 2.36. The molecule has 2 rings (SSSR count). The average molecular weight is 311 g/mol. The van der Waals surface area contributed by atoms with Crippen LogP contribution in [0.15, 0.2) is 30.3 Å². The van der Waals surface area contributed by atoms with Gasteiger partial charge < -0.3 is 5.11 Å². The quantitative estimate of drug-likeness (QED) is 0.802. The summed E-state index contributed by atoms with van der Waals surface area (Å²) in [6.07, 6.45) is 0.299. The first kappa shape index (κ1) is 15.9. The van der Waals surface area contributed by atoms with Gasteiger partial charge >= 0.3 is 0 Å². The molecule has 0 spiro atoms. The monoisotopic (exact) mass is 310 g/mol. The second-order valence-electron chi connectivity index (χ2n) is 4.93. The highest BCUT2D eigenvalue weighted by atomic mass is 35.5. The third kappa shape index (κ3) is 3.25. The zero-order chi connectivity index (χ0) is 15.6. The number of rotatable bonds is 4. The molecule has 1 unspecified atom stereocenters. The number of aliphatic hydroxyl groups is 1. The maximum absolute atomic E-state index is 14.0. The molecular formula is C17H17ClF2O. The molecule has 0 fully saturated rings. The second-order valence-corrected chi connectivity index (χ2v) is 5.34. The van der Waals surface area contributed by atoms with E-state index in [4.69, 9.17) is 11.6 Å². The fourth-order valence-corrected chi connectivity index (χ4v) is 2.51. The van der Waals surface area contributed by atoms with Crippen LogP contribution in [0.2, 0.25) is 5.02 Å². The van der Waals surface area contributed by atoms with Crippen molar-refractivity contribution in [1.29, 1.82) is 0 Å². The molecule has 2 aromatic rings. The highest BCUT2D eigenvalue weighted by molar-refractivity contribution is 6.30. The van der Waals surface area contributed by atoms with Gasteiger partial charge in [0.2, 0.25) is 0 Å². The number of hydrogen-bond donors (Lipinski definition) is 1. The van der Waals surface area contributed by atoms with Crippen molar-refractivity contribution in [3.8, 4) is 0 Å². The van der Waals surface area contributed by atoms with Crippen molar-refractivity contribution in [1.82, 2.24) is 0 Å². The number of aliphatic hydroxyl groups excluding tert-OH is 1. The number of hydrogen-bond acceptors (Lipinski definition) is 1. The topological polar surface area (TPSA) is 20.2 Å². The molecule has 0 saturated heterocycles. The van der Waals surface area contributed by atoms with Crippen molar-refractivity contribution >= 4 is 11.6 Å². The first-order valence-electron chi connectivity index (χ1n) is 6.92. The van der Waals surface area contributed by atoms with Crippen LogP contribution in [0, 0.1) is 11.6 Å². The van der Waals surface area contributed by atoms with E-state index in [2.05, 4.69) is 0 Å². The van der Waals surface area contributed by atoms with E-state index in [9.17, 15) is 13.9 Å². The van der Waals surface area contributed by atoms with Crippen molar-refractivity contribution in [2.45, 2.75) is 32.8 Å². The van der Waals surface area contributed by atoms with Crippen molar-refractivity contribution < 1.29 is 13.9 Å². The Morgan fingerprint density at radius 2 is 1.71 bits per heavy atom. The van der Waals surface area contributed by atoms with Crippen molar-refractivity contribution in [3.63, 3.8) is 0 Å². The van der Waals surface area contributed by atoms with E-state index in [1.54, 1.807) is 0 Å². The second kappa shape index (κ2) is 6.54. The van der Waals surface area contributed by atoms with Gasteiger partial charge in [-0.2, -0.15) is 0 Å². The minimum atomic E-state index is -1.21. The number of benzene rings is 2. The van der Waals surface area contributed by atoms with E-state index in [-0.39, 0.29) is 10.6 Å². The lowest BCUT2D eigenvalue weighted by Crippen LogP contribution is -2.07. The summed E-state index contributed by atoms with van der Waals surface area (Å²) in [6.45, 7) is 3.95. The van der Waals surface area contributed by atoms with Gasteiger partial charge in [0.15, 0.2) is 0 Å². The van der Waals surface area contributed by atoms with Crippen LogP contribution in [0.5, 0.6) is 0 Å². The van der Waals surface area contributed by atoms with E-state index in [0.717, 1.165) is 29.7 Å². The Hall–Kier alpha value is -1.45. The zero-order valence-corrected chi connectivity index (χ0v) is 12.7. The van der Waals surface area contributed by atoms with Crippen LogP contribution in [0.1, 0.15) is 42.2 Å². The Morgan fingerprint density at radius 1 is 1.00 bits per heavy atom. The Bertz CT molecular complexity index is 655. The fraction of sp³-hybridized carbons (Fsp3) is 0.294. The third-order valence-electron chi connectivity index (χ3n) is 3.63. The summed E-state index contributed by atoms with van der Waals surface area (Å²) >= 11 is 5.55. The molecule has 0 aliphatic rings. The molecule has 0 radical (unpaired) electrons.